The summed E-state index contributed by atoms with van der Waals surface area (Å²) in [6.45, 7) is 0.447. The molecule has 4 rings (SSSR count). The van der Waals surface area contributed by atoms with Gasteiger partial charge in [-0.1, -0.05) is 18.2 Å². The van der Waals surface area contributed by atoms with E-state index in [2.05, 4.69) is 4.57 Å². The highest BCUT2D eigenvalue weighted by Crippen LogP contribution is 2.32. The van der Waals surface area contributed by atoms with Gasteiger partial charge < -0.3 is 19.7 Å². The number of hydrogen-bond donors (Lipinski definition) is 2. The lowest BCUT2D eigenvalue weighted by atomic mass is 10.1. The van der Waals surface area contributed by atoms with Gasteiger partial charge in [0.25, 0.3) is 5.91 Å². The summed E-state index contributed by atoms with van der Waals surface area (Å²) >= 11 is 0. The Balaban J connectivity index is 1.84. The number of benzene rings is 2. The first-order chi connectivity index (χ1) is 12.0. The SMILES string of the molecule is Cn1ccc2c1Cc1ccccc1N(C(=O)c1cc(O)cc(O)c1)C2. The molecule has 0 radical (unpaired) electrons. The van der Waals surface area contributed by atoms with Gasteiger partial charge in [0.1, 0.15) is 11.5 Å². The van der Waals surface area contributed by atoms with Crippen molar-refractivity contribution in [3.8, 4) is 11.5 Å². The van der Waals surface area contributed by atoms with E-state index in [1.807, 2.05) is 43.6 Å². The maximum absolute atomic E-state index is 13.1. The van der Waals surface area contributed by atoms with Crippen LogP contribution in [-0.4, -0.2) is 20.7 Å². The van der Waals surface area contributed by atoms with Crippen LogP contribution in [0, 0.1) is 0 Å². The van der Waals surface area contributed by atoms with Crippen molar-refractivity contribution in [1.29, 1.82) is 0 Å². The van der Waals surface area contributed by atoms with Gasteiger partial charge >= 0.3 is 0 Å². The Bertz CT molecular complexity index is 955. The number of rotatable bonds is 1. The van der Waals surface area contributed by atoms with Crippen molar-refractivity contribution >= 4 is 11.6 Å². The Kier molecular flexibility index (Phi) is 3.50. The van der Waals surface area contributed by atoms with E-state index in [1.54, 1.807) is 4.90 Å². The zero-order chi connectivity index (χ0) is 17.6. The van der Waals surface area contributed by atoms with Crippen LogP contribution in [0.3, 0.4) is 0 Å². The number of para-hydroxylation sites is 1. The monoisotopic (exact) mass is 334 g/mol. The van der Waals surface area contributed by atoms with E-state index in [9.17, 15) is 15.0 Å². The van der Waals surface area contributed by atoms with Gasteiger partial charge in [-0.15, -0.1) is 0 Å². The number of phenols is 2. The number of carbonyl (C=O) groups excluding carboxylic acids is 1. The van der Waals surface area contributed by atoms with Crippen molar-refractivity contribution in [1.82, 2.24) is 4.57 Å². The van der Waals surface area contributed by atoms with E-state index >= 15 is 0 Å². The fourth-order valence-corrected chi connectivity index (χ4v) is 3.41. The molecule has 1 amide bonds. The third-order valence-corrected chi connectivity index (χ3v) is 4.66. The Morgan fingerprint density at radius 1 is 1.00 bits per heavy atom. The molecule has 3 aromatic rings. The molecule has 0 aliphatic carbocycles. The summed E-state index contributed by atoms with van der Waals surface area (Å²) in [7, 11) is 2.01. The van der Waals surface area contributed by atoms with Crippen LogP contribution < -0.4 is 4.90 Å². The number of fused-ring (bicyclic) bond motifs is 2. The Hall–Kier alpha value is -3.21. The van der Waals surface area contributed by atoms with Crippen molar-refractivity contribution < 1.29 is 15.0 Å². The van der Waals surface area contributed by atoms with Crippen LogP contribution in [0.25, 0.3) is 0 Å². The van der Waals surface area contributed by atoms with Crippen molar-refractivity contribution in [2.75, 3.05) is 4.90 Å². The van der Waals surface area contributed by atoms with Crippen LogP contribution in [0.2, 0.25) is 0 Å². The molecule has 2 heterocycles. The lowest BCUT2D eigenvalue weighted by molar-refractivity contribution is 0.0984. The van der Waals surface area contributed by atoms with Gasteiger partial charge in [0, 0.05) is 42.7 Å². The number of aromatic nitrogens is 1. The third-order valence-electron chi connectivity index (χ3n) is 4.66. The molecule has 5 nitrogen and oxygen atoms in total. The molecule has 0 fully saturated rings. The molecule has 25 heavy (non-hydrogen) atoms. The minimum atomic E-state index is -0.254. The number of aromatic hydroxyl groups is 2. The van der Waals surface area contributed by atoms with E-state index in [-0.39, 0.29) is 23.0 Å². The van der Waals surface area contributed by atoms with Gasteiger partial charge in [-0.3, -0.25) is 4.79 Å². The molecule has 0 bridgehead atoms. The standard InChI is InChI=1S/C20H18N2O3/c1-21-7-6-14-12-22(18-5-3-2-4-13(18)10-19(14)21)20(25)15-8-16(23)11-17(24)9-15/h2-9,11,23-24H,10,12H2,1H3. The van der Waals surface area contributed by atoms with Gasteiger partial charge in [-0.25, -0.2) is 0 Å². The van der Waals surface area contributed by atoms with Gasteiger partial charge in [-0.05, 0) is 35.4 Å². The molecule has 0 saturated heterocycles. The van der Waals surface area contributed by atoms with E-state index in [0.29, 0.717) is 6.54 Å². The highest BCUT2D eigenvalue weighted by atomic mass is 16.3. The fraction of sp³-hybridized carbons (Fsp3) is 0.150. The third kappa shape index (κ3) is 2.63. The quantitative estimate of drug-likeness (QED) is 0.718. The second-order valence-electron chi connectivity index (χ2n) is 6.33. The summed E-state index contributed by atoms with van der Waals surface area (Å²) in [5.74, 6) is -0.519. The lowest BCUT2D eigenvalue weighted by Gasteiger charge is -2.23. The number of anilines is 1. The Morgan fingerprint density at radius 2 is 1.72 bits per heavy atom. The first kappa shape index (κ1) is 15.3. The molecular weight excluding hydrogens is 316 g/mol. The molecule has 1 aliphatic rings. The Morgan fingerprint density at radius 3 is 2.48 bits per heavy atom. The minimum absolute atomic E-state index is 0.133. The predicted molar refractivity (Wildman–Crippen MR) is 94.9 cm³/mol. The van der Waals surface area contributed by atoms with E-state index in [1.165, 1.54) is 23.9 Å². The molecule has 126 valence electrons. The molecular formula is C20H18N2O3. The van der Waals surface area contributed by atoms with Crippen LogP contribution in [0.4, 0.5) is 5.69 Å². The van der Waals surface area contributed by atoms with E-state index < -0.39 is 0 Å². The van der Waals surface area contributed by atoms with Gasteiger partial charge in [0.05, 0.1) is 6.54 Å². The largest absolute Gasteiger partial charge is 0.508 e. The van der Waals surface area contributed by atoms with Crippen LogP contribution in [0.15, 0.2) is 54.7 Å². The first-order valence-electron chi connectivity index (χ1n) is 8.09. The normalized spacial score (nSPS) is 13.1. The van der Waals surface area contributed by atoms with Crippen LogP contribution in [-0.2, 0) is 20.0 Å². The van der Waals surface area contributed by atoms with Gasteiger partial charge in [-0.2, -0.15) is 0 Å². The Labute approximate surface area is 145 Å². The topological polar surface area (TPSA) is 65.7 Å². The predicted octanol–water partition coefficient (Wildman–Crippen LogP) is 3.19. The number of hydrogen-bond acceptors (Lipinski definition) is 3. The summed E-state index contributed by atoms with van der Waals surface area (Å²) in [6, 6.07) is 13.8. The average molecular weight is 334 g/mol. The molecule has 2 N–H and O–H groups in total. The second kappa shape index (κ2) is 5.70. The molecule has 1 aromatic heterocycles. The summed E-state index contributed by atoms with van der Waals surface area (Å²) < 4.78 is 2.08. The summed E-state index contributed by atoms with van der Waals surface area (Å²) in [5.41, 5.74) is 4.46. The average Bonchev–Trinajstić information content (AvgIpc) is 2.83. The number of nitrogens with zero attached hydrogens (tertiary/aromatic N) is 2. The lowest BCUT2D eigenvalue weighted by Crippen LogP contribution is -2.30. The zero-order valence-electron chi connectivity index (χ0n) is 13.8. The summed E-state index contributed by atoms with van der Waals surface area (Å²) in [4.78, 5) is 14.8. The summed E-state index contributed by atoms with van der Waals surface area (Å²) in [6.07, 6.45) is 2.76. The number of phenolic OH excluding ortho intramolecular Hbond substituents is 2. The number of carbonyl (C=O) groups is 1. The molecule has 1 aliphatic heterocycles. The second-order valence-corrected chi connectivity index (χ2v) is 6.33. The number of aryl methyl sites for hydroxylation is 1. The molecule has 0 unspecified atom stereocenters. The van der Waals surface area contributed by atoms with Gasteiger partial charge in [0.15, 0.2) is 0 Å². The smallest absolute Gasteiger partial charge is 0.258 e. The first-order valence-corrected chi connectivity index (χ1v) is 8.09. The molecule has 0 saturated carbocycles. The van der Waals surface area contributed by atoms with Crippen LogP contribution >= 0.6 is 0 Å². The van der Waals surface area contributed by atoms with Crippen molar-refractivity contribution in [2.24, 2.45) is 7.05 Å². The zero-order valence-corrected chi connectivity index (χ0v) is 13.8. The van der Waals surface area contributed by atoms with Crippen LogP contribution in [0.1, 0.15) is 27.2 Å². The van der Waals surface area contributed by atoms with E-state index in [0.717, 1.165) is 23.2 Å². The minimum Gasteiger partial charge on any atom is -0.508 e. The van der Waals surface area contributed by atoms with Crippen molar-refractivity contribution in [2.45, 2.75) is 13.0 Å². The van der Waals surface area contributed by atoms with Crippen molar-refractivity contribution in [3.05, 3.63) is 77.1 Å². The van der Waals surface area contributed by atoms with Crippen LogP contribution in [0.5, 0.6) is 11.5 Å². The molecule has 2 aromatic carbocycles. The highest BCUT2D eigenvalue weighted by molar-refractivity contribution is 6.07. The van der Waals surface area contributed by atoms with Gasteiger partial charge in [0.2, 0.25) is 0 Å². The molecule has 5 heteroatoms. The highest BCUT2D eigenvalue weighted by Gasteiger charge is 2.26. The summed E-state index contributed by atoms with van der Waals surface area (Å²) in [5, 5.41) is 19.4. The fourth-order valence-electron chi connectivity index (χ4n) is 3.41. The van der Waals surface area contributed by atoms with Crippen molar-refractivity contribution in [3.63, 3.8) is 0 Å². The maximum Gasteiger partial charge on any atom is 0.258 e. The van der Waals surface area contributed by atoms with E-state index in [4.69, 9.17) is 0 Å². The molecule has 0 atom stereocenters. The number of amides is 1. The molecule has 0 spiro atoms. The maximum atomic E-state index is 13.1.